The molecule has 0 atom stereocenters. The Hall–Kier alpha value is -1.63. The van der Waals surface area contributed by atoms with Crippen LogP contribution in [0.4, 0.5) is 0 Å². The molecule has 2 aliphatic heterocycles. The van der Waals surface area contributed by atoms with E-state index < -0.39 is 0 Å². The standard InChI is InChI=1S/C19H29N3O3/c23-18-4-2-1-3-17(18)15-22-8-5-16(6-9-22)19(24)20-7-10-21-11-13-25-14-12-21/h1-4,16,23H,5-15H2,(H,20,24)/p+2. The van der Waals surface area contributed by atoms with Crippen molar-refractivity contribution in [1.82, 2.24) is 5.32 Å². The van der Waals surface area contributed by atoms with Crippen molar-refractivity contribution in [1.29, 1.82) is 0 Å². The lowest BCUT2D eigenvalue weighted by atomic mass is 9.95. The van der Waals surface area contributed by atoms with Crippen molar-refractivity contribution >= 4 is 5.91 Å². The number of aromatic hydroxyl groups is 1. The number of morpholine rings is 1. The minimum Gasteiger partial charge on any atom is -0.507 e. The molecule has 6 nitrogen and oxygen atoms in total. The van der Waals surface area contributed by atoms with E-state index in [1.165, 1.54) is 9.80 Å². The molecule has 0 spiro atoms. The van der Waals surface area contributed by atoms with Crippen LogP contribution in [0.3, 0.4) is 0 Å². The Morgan fingerprint density at radius 1 is 1.12 bits per heavy atom. The maximum Gasteiger partial charge on any atom is 0.223 e. The quantitative estimate of drug-likeness (QED) is 0.491. The Balaban J connectivity index is 1.35. The van der Waals surface area contributed by atoms with Crippen molar-refractivity contribution in [3.63, 3.8) is 0 Å². The minimum atomic E-state index is 0.146. The molecule has 2 aliphatic rings. The Labute approximate surface area is 149 Å². The van der Waals surface area contributed by atoms with Crippen LogP contribution < -0.4 is 15.1 Å². The molecule has 2 heterocycles. The van der Waals surface area contributed by atoms with Gasteiger partial charge >= 0.3 is 0 Å². The largest absolute Gasteiger partial charge is 0.507 e. The summed E-state index contributed by atoms with van der Waals surface area (Å²) in [6, 6.07) is 7.54. The van der Waals surface area contributed by atoms with E-state index in [0.717, 1.165) is 77.4 Å². The third kappa shape index (κ3) is 5.42. The highest BCUT2D eigenvalue weighted by atomic mass is 16.5. The van der Waals surface area contributed by atoms with Crippen LogP contribution in [-0.2, 0) is 16.1 Å². The van der Waals surface area contributed by atoms with Gasteiger partial charge in [-0.05, 0) is 12.1 Å². The van der Waals surface area contributed by atoms with Crippen LogP contribution in [0.25, 0.3) is 0 Å². The summed E-state index contributed by atoms with van der Waals surface area (Å²) in [5.74, 6) is 0.738. The molecule has 0 saturated carbocycles. The number of para-hydroxylation sites is 1. The average Bonchev–Trinajstić information content (AvgIpc) is 2.65. The first-order valence-corrected chi connectivity index (χ1v) is 9.52. The lowest BCUT2D eigenvalue weighted by Gasteiger charge is -2.29. The Bertz CT molecular complexity index is 553. The number of phenols is 1. The fourth-order valence-corrected chi connectivity index (χ4v) is 3.81. The van der Waals surface area contributed by atoms with Gasteiger partial charge in [-0.15, -0.1) is 0 Å². The summed E-state index contributed by atoms with van der Waals surface area (Å²) in [6.45, 7) is 8.33. The number of hydrogen-bond donors (Lipinski definition) is 4. The molecular weight excluding hydrogens is 318 g/mol. The summed E-state index contributed by atoms with van der Waals surface area (Å²) in [4.78, 5) is 15.3. The molecule has 138 valence electrons. The monoisotopic (exact) mass is 349 g/mol. The van der Waals surface area contributed by atoms with E-state index in [1.54, 1.807) is 6.07 Å². The SMILES string of the molecule is O=C(NCC[NH+]1CCOCC1)C1CC[NH+](Cc2ccccc2O)CC1. The smallest absolute Gasteiger partial charge is 0.223 e. The summed E-state index contributed by atoms with van der Waals surface area (Å²) in [5, 5.41) is 13.0. The van der Waals surface area contributed by atoms with Gasteiger partial charge in [0.2, 0.25) is 5.91 Å². The van der Waals surface area contributed by atoms with Crippen molar-refractivity contribution in [2.75, 3.05) is 52.5 Å². The lowest BCUT2D eigenvalue weighted by Crippen LogP contribution is -3.14. The number of likely N-dealkylation sites (tertiary alicyclic amines) is 1. The lowest BCUT2D eigenvalue weighted by molar-refractivity contribution is -0.919. The second-order valence-corrected chi connectivity index (χ2v) is 7.23. The maximum absolute atomic E-state index is 12.4. The fourth-order valence-electron chi connectivity index (χ4n) is 3.81. The highest BCUT2D eigenvalue weighted by Gasteiger charge is 2.27. The summed E-state index contributed by atoms with van der Waals surface area (Å²) in [5.41, 5.74) is 0.994. The molecule has 1 aromatic rings. The molecule has 4 N–H and O–H groups in total. The fraction of sp³-hybridized carbons (Fsp3) is 0.632. The molecule has 0 aromatic heterocycles. The van der Waals surface area contributed by atoms with E-state index in [0.29, 0.717) is 5.75 Å². The molecule has 0 bridgehead atoms. The molecule has 6 heteroatoms. The minimum absolute atomic E-state index is 0.146. The van der Waals surface area contributed by atoms with E-state index in [9.17, 15) is 9.90 Å². The predicted molar refractivity (Wildman–Crippen MR) is 94.6 cm³/mol. The predicted octanol–water partition coefficient (Wildman–Crippen LogP) is -1.78. The van der Waals surface area contributed by atoms with Crippen molar-refractivity contribution in [2.45, 2.75) is 19.4 Å². The zero-order valence-electron chi connectivity index (χ0n) is 14.9. The molecule has 0 radical (unpaired) electrons. The topological polar surface area (TPSA) is 67.4 Å². The number of quaternary nitrogens is 2. The third-order valence-electron chi connectivity index (χ3n) is 5.47. The first kappa shape index (κ1) is 18.2. The number of rotatable bonds is 6. The molecular formula is C19H31N3O3+2. The molecule has 3 rings (SSSR count). The number of carbonyl (C=O) groups excluding carboxylic acids is 1. The highest BCUT2D eigenvalue weighted by Crippen LogP contribution is 2.15. The first-order chi connectivity index (χ1) is 12.2. The van der Waals surface area contributed by atoms with Crippen molar-refractivity contribution in [3.05, 3.63) is 29.8 Å². The van der Waals surface area contributed by atoms with Crippen LogP contribution in [0.2, 0.25) is 0 Å². The van der Waals surface area contributed by atoms with Gasteiger partial charge in [-0.3, -0.25) is 4.79 Å². The van der Waals surface area contributed by atoms with Crippen LogP contribution in [0.15, 0.2) is 24.3 Å². The zero-order valence-corrected chi connectivity index (χ0v) is 14.9. The molecule has 1 aromatic carbocycles. The van der Waals surface area contributed by atoms with Crippen molar-refractivity contribution in [2.24, 2.45) is 5.92 Å². The molecule has 1 amide bonds. The molecule has 2 saturated heterocycles. The molecule has 0 aliphatic carbocycles. The summed E-state index contributed by atoms with van der Waals surface area (Å²) >= 11 is 0. The van der Waals surface area contributed by atoms with E-state index in [1.807, 2.05) is 18.2 Å². The van der Waals surface area contributed by atoms with Gasteiger partial charge in [0.15, 0.2) is 0 Å². The summed E-state index contributed by atoms with van der Waals surface area (Å²) < 4.78 is 5.36. The van der Waals surface area contributed by atoms with Gasteiger partial charge in [0.25, 0.3) is 0 Å². The normalized spacial score (nSPS) is 24.8. The summed E-state index contributed by atoms with van der Waals surface area (Å²) in [7, 11) is 0. The van der Waals surface area contributed by atoms with Crippen LogP contribution >= 0.6 is 0 Å². The third-order valence-corrected chi connectivity index (χ3v) is 5.47. The van der Waals surface area contributed by atoms with Gasteiger partial charge in [-0.2, -0.15) is 0 Å². The summed E-state index contributed by atoms with van der Waals surface area (Å²) in [6.07, 6.45) is 1.86. The number of piperidine rings is 1. The van der Waals surface area contributed by atoms with Gasteiger partial charge in [0.05, 0.1) is 39.4 Å². The van der Waals surface area contributed by atoms with Gasteiger partial charge in [0, 0.05) is 24.3 Å². The Kier molecular flexibility index (Phi) is 6.67. The number of phenolic OH excluding ortho intramolecular Hbond substituents is 1. The van der Waals surface area contributed by atoms with E-state index >= 15 is 0 Å². The molecule has 2 fully saturated rings. The van der Waals surface area contributed by atoms with Crippen molar-refractivity contribution in [3.8, 4) is 5.75 Å². The van der Waals surface area contributed by atoms with Gasteiger partial charge < -0.3 is 25.0 Å². The number of benzene rings is 1. The van der Waals surface area contributed by atoms with Crippen LogP contribution in [0.5, 0.6) is 5.75 Å². The Morgan fingerprint density at radius 3 is 2.56 bits per heavy atom. The number of hydrogen-bond acceptors (Lipinski definition) is 3. The maximum atomic E-state index is 12.4. The number of amides is 1. The van der Waals surface area contributed by atoms with Gasteiger partial charge in [0.1, 0.15) is 25.4 Å². The Morgan fingerprint density at radius 2 is 1.84 bits per heavy atom. The second kappa shape index (κ2) is 9.17. The number of ether oxygens (including phenoxy) is 1. The van der Waals surface area contributed by atoms with E-state index in [2.05, 4.69) is 5.32 Å². The van der Waals surface area contributed by atoms with E-state index in [-0.39, 0.29) is 11.8 Å². The second-order valence-electron chi connectivity index (χ2n) is 7.23. The molecule has 25 heavy (non-hydrogen) atoms. The number of carbonyl (C=O) groups is 1. The average molecular weight is 349 g/mol. The van der Waals surface area contributed by atoms with Gasteiger partial charge in [-0.1, -0.05) is 12.1 Å². The number of nitrogens with one attached hydrogen (secondary N) is 3. The first-order valence-electron chi connectivity index (χ1n) is 9.52. The van der Waals surface area contributed by atoms with Gasteiger partial charge in [-0.25, -0.2) is 0 Å². The van der Waals surface area contributed by atoms with Crippen LogP contribution in [-0.4, -0.2) is 63.5 Å². The highest BCUT2D eigenvalue weighted by molar-refractivity contribution is 5.78. The zero-order chi connectivity index (χ0) is 17.5. The van der Waals surface area contributed by atoms with Crippen LogP contribution in [0, 0.1) is 5.92 Å². The van der Waals surface area contributed by atoms with Crippen LogP contribution in [0.1, 0.15) is 18.4 Å². The van der Waals surface area contributed by atoms with E-state index in [4.69, 9.17) is 4.74 Å². The molecule has 0 unspecified atom stereocenters. The van der Waals surface area contributed by atoms with Crippen molar-refractivity contribution < 1.29 is 24.4 Å².